The smallest absolute Gasteiger partial charge is 0.102 e. The van der Waals surface area contributed by atoms with Crippen LogP contribution < -0.4 is 0 Å². The fourth-order valence-corrected chi connectivity index (χ4v) is 9.47. The van der Waals surface area contributed by atoms with Gasteiger partial charge in [-0.1, -0.05) is 20.8 Å². The average Bonchev–Trinajstić information content (AvgIpc) is 3.32. The van der Waals surface area contributed by atoms with Gasteiger partial charge in [0.15, 0.2) is 0 Å². The van der Waals surface area contributed by atoms with Crippen LogP contribution in [0, 0.1) is 57.7 Å². The van der Waals surface area contributed by atoms with Crippen molar-refractivity contribution in [1.82, 2.24) is 9.78 Å². The first kappa shape index (κ1) is 22.5. The van der Waals surface area contributed by atoms with Gasteiger partial charge in [0.1, 0.15) is 6.07 Å². The molecule has 1 N–H and O–H groups in total. The second kappa shape index (κ2) is 7.86. The predicted octanol–water partition coefficient (Wildman–Crippen LogP) is 6.19. The molecule has 5 rings (SSSR count). The van der Waals surface area contributed by atoms with Gasteiger partial charge in [-0.05, 0) is 117 Å². The topological polar surface area (TPSA) is 61.8 Å². The van der Waals surface area contributed by atoms with Gasteiger partial charge in [0.2, 0.25) is 0 Å². The van der Waals surface area contributed by atoms with Gasteiger partial charge < -0.3 is 5.11 Å². The number of nitrogens with zero attached hydrogens (tertiary/aromatic N) is 3. The summed E-state index contributed by atoms with van der Waals surface area (Å²) in [6.07, 6.45) is 16.3. The maximum absolute atomic E-state index is 10.8. The van der Waals surface area contributed by atoms with Crippen LogP contribution in [0.1, 0.15) is 97.5 Å². The van der Waals surface area contributed by atoms with Crippen LogP contribution in [0.25, 0.3) is 0 Å². The lowest BCUT2D eigenvalue weighted by molar-refractivity contribution is -0.104. The number of aromatic nitrogens is 2. The number of hydrogen-bond acceptors (Lipinski definition) is 3. The summed E-state index contributed by atoms with van der Waals surface area (Å²) in [5.74, 6) is 4.75. The molecule has 1 heterocycles. The molecule has 0 bridgehead atoms. The Bertz CT molecular complexity index is 883. The summed E-state index contributed by atoms with van der Waals surface area (Å²) < 4.78 is 2.00. The van der Waals surface area contributed by atoms with Crippen molar-refractivity contribution >= 4 is 0 Å². The van der Waals surface area contributed by atoms with Crippen molar-refractivity contribution in [3.63, 3.8) is 0 Å². The number of aliphatic hydroxyl groups is 1. The molecule has 1 aromatic heterocycles. The largest absolute Gasteiger partial charge is 0.390 e. The summed E-state index contributed by atoms with van der Waals surface area (Å²) in [4.78, 5) is 0. The molecular formula is C28H43N3O. The van der Waals surface area contributed by atoms with E-state index in [-0.39, 0.29) is 0 Å². The Morgan fingerprint density at radius 2 is 1.81 bits per heavy atom. The van der Waals surface area contributed by atoms with E-state index >= 15 is 0 Å². The molecule has 4 aliphatic rings. The lowest BCUT2D eigenvalue weighted by Crippen LogP contribution is -2.52. The molecule has 1 unspecified atom stereocenters. The zero-order valence-electron chi connectivity index (χ0n) is 20.7. The zero-order valence-corrected chi connectivity index (χ0v) is 20.7. The van der Waals surface area contributed by atoms with Crippen molar-refractivity contribution in [2.75, 3.05) is 0 Å². The van der Waals surface area contributed by atoms with E-state index in [0.29, 0.717) is 22.3 Å². The Balaban J connectivity index is 1.34. The van der Waals surface area contributed by atoms with Gasteiger partial charge in [-0.25, -0.2) is 0 Å². The molecule has 0 aliphatic heterocycles. The molecule has 9 atom stereocenters. The molecule has 32 heavy (non-hydrogen) atoms. The van der Waals surface area contributed by atoms with Gasteiger partial charge in [0.05, 0.1) is 17.4 Å². The normalized spacial score (nSPS) is 46.9. The summed E-state index contributed by atoms with van der Waals surface area (Å²) >= 11 is 0. The Labute approximate surface area is 194 Å². The van der Waals surface area contributed by atoms with Crippen molar-refractivity contribution in [3.8, 4) is 6.07 Å². The first-order chi connectivity index (χ1) is 15.2. The highest BCUT2D eigenvalue weighted by Gasteiger charge is 2.60. The van der Waals surface area contributed by atoms with Crippen molar-refractivity contribution in [3.05, 3.63) is 18.0 Å². The van der Waals surface area contributed by atoms with E-state index in [1.54, 1.807) is 6.20 Å². The van der Waals surface area contributed by atoms with Gasteiger partial charge in [0.25, 0.3) is 0 Å². The van der Waals surface area contributed by atoms with E-state index in [1.165, 1.54) is 51.4 Å². The van der Waals surface area contributed by atoms with Gasteiger partial charge in [-0.3, -0.25) is 4.68 Å². The van der Waals surface area contributed by atoms with Crippen molar-refractivity contribution in [1.29, 1.82) is 5.26 Å². The van der Waals surface area contributed by atoms with Gasteiger partial charge in [0, 0.05) is 12.7 Å². The molecule has 0 amide bonds. The summed E-state index contributed by atoms with van der Waals surface area (Å²) in [6.45, 7) is 10.7. The third-order valence-electron chi connectivity index (χ3n) is 11.3. The maximum Gasteiger partial charge on any atom is 0.102 e. The molecule has 4 fully saturated rings. The minimum absolute atomic E-state index is 0.428. The molecule has 0 saturated heterocycles. The van der Waals surface area contributed by atoms with Crippen molar-refractivity contribution in [2.45, 2.75) is 104 Å². The summed E-state index contributed by atoms with van der Waals surface area (Å²) in [5, 5.41) is 24.4. The summed E-state index contributed by atoms with van der Waals surface area (Å²) in [7, 11) is 0. The Hall–Kier alpha value is -1.34. The second-order valence-electron chi connectivity index (χ2n) is 13.0. The van der Waals surface area contributed by atoms with E-state index in [1.807, 2.05) is 10.9 Å². The molecule has 176 valence electrons. The van der Waals surface area contributed by atoms with Crippen LogP contribution in [0.5, 0.6) is 0 Å². The minimum Gasteiger partial charge on any atom is -0.390 e. The van der Waals surface area contributed by atoms with E-state index in [4.69, 9.17) is 5.26 Å². The van der Waals surface area contributed by atoms with E-state index in [9.17, 15) is 5.11 Å². The quantitative estimate of drug-likeness (QED) is 0.613. The molecule has 4 nitrogen and oxygen atoms in total. The van der Waals surface area contributed by atoms with E-state index < -0.39 is 5.60 Å². The van der Waals surface area contributed by atoms with Crippen LogP contribution in [0.2, 0.25) is 0 Å². The number of nitriles is 1. The monoisotopic (exact) mass is 437 g/mol. The number of rotatable bonds is 3. The van der Waals surface area contributed by atoms with Gasteiger partial charge >= 0.3 is 0 Å². The van der Waals surface area contributed by atoms with E-state index in [0.717, 1.165) is 49.0 Å². The van der Waals surface area contributed by atoms with Crippen molar-refractivity contribution < 1.29 is 5.11 Å². The molecule has 0 radical (unpaired) electrons. The van der Waals surface area contributed by atoms with Crippen LogP contribution in [-0.4, -0.2) is 20.5 Å². The summed E-state index contributed by atoms with van der Waals surface area (Å²) in [5.41, 5.74) is 1.09. The molecule has 4 aliphatic carbocycles. The molecule has 4 heteroatoms. The average molecular weight is 438 g/mol. The fraction of sp³-hybridized carbons (Fsp3) is 0.857. The lowest BCUT2D eigenvalue weighted by atomic mass is 9.46. The summed E-state index contributed by atoms with van der Waals surface area (Å²) in [6, 6.07) is 2.21. The fourth-order valence-electron chi connectivity index (χ4n) is 9.47. The Morgan fingerprint density at radius 1 is 1.03 bits per heavy atom. The SMILES string of the molecule is CC(Cn1cc(C#N)cn1)[C@H]1CC[C@H]2[C@@H]3CC[C@H]4CC[C@](C)(O)CC[C@]4(C)[C@H]3CC[C@]12C. The van der Waals surface area contributed by atoms with Crippen LogP contribution in [0.4, 0.5) is 0 Å². The zero-order chi connectivity index (χ0) is 22.7. The maximum atomic E-state index is 10.8. The molecule has 0 aromatic carbocycles. The van der Waals surface area contributed by atoms with Crippen LogP contribution in [0.3, 0.4) is 0 Å². The van der Waals surface area contributed by atoms with Gasteiger partial charge in [-0.15, -0.1) is 0 Å². The highest BCUT2D eigenvalue weighted by molar-refractivity contribution is 5.21. The van der Waals surface area contributed by atoms with Crippen LogP contribution >= 0.6 is 0 Å². The van der Waals surface area contributed by atoms with E-state index in [2.05, 4.69) is 38.9 Å². The molecular weight excluding hydrogens is 394 g/mol. The Morgan fingerprint density at radius 3 is 2.56 bits per heavy atom. The predicted molar refractivity (Wildman–Crippen MR) is 127 cm³/mol. The third-order valence-corrected chi connectivity index (χ3v) is 11.3. The standard InChI is InChI=1S/C28H43N3O/c1-19(17-31-18-20(15-29)16-30-31)23-7-8-24-22-6-5-21-9-11-26(2,32)13-14-27(21,3)25(22)10-12-28(23,24)4/h16,18-19,21-25,32H,5-14,17H2,1-4H3/t19?,21-,22-,23+,24-,25-,26-,27-,28+/m0/s1. The third kappa shape index (κ3) is 3.54. The molecule has 4 saturated carbocycles. The minimum atomic E-state index is -0.454. The lowest BCUT2D eigenvalue weighted by Gasteiger charge is -2.59. The Kier molecular flexibility index (Phi) is 5.52. The van der Waals surface area contributed by atoms with Crippen LogP contribution in [0.15, 0.2) is 12.4 Å². The number of fused-ring (bicyclic) bond motifs is 5. The first-order valence-electron chi connectivity index (χ1n) is 13.3. The highest BCUT2D eigenvalue weighted by atomic mass is 16.3. The molecule has 0 spiro atoms. The number of hydrogen-bond donors (Lipinski definition) is 1. The second-order valence-corrected chi connectivity index (χ2v) is 13.0. The van der Waals surface area contributed by atoms with Crippen LogP contribution in [-0.2, 0) is 6.54 Å². The van der Waals surface area contributed by atoms with Crippen molar-refractivity contribution in [2.24, 2.45) is 46.3 Å². The highest BCUT2D eigenvalue weighted by Crippen LogP contribution is 2.68. The van der Waals surface area contributed by atoms with Gasteiger partial charge in [-0.2, -0.15) is 10.4 Å². The first-order valence-corrected chi connectivity index (χ1v) is 13.3. The molecule has 1 aromatic rings.